The van der Waals surface area contributed by atoms with Crippen LogP contribution in [0.3, 0.4) is 0 Å². The lowest BCUT2D eigenvalue weighted by Crippen LogP contribution is -2.30. The van der Waals surface area contributed by atoms with Gasteiger partial charge in [-0.3, -0.25) is 14.4 Å². The average molecular weight is 287 g/mol. The Hall–Kier alpha value is -2.30. The van der Waals surface area contributed by atoms with Gasteiger partial charge in [0.15, 0.2) is 0 Å². The number of halogens is 1. The van der Waals surface area contributed by atoms with Crippen LogP contribution >= 0.6 is 0 Å². The topological polar surface area (TPSA) is 47.2 Å². The van der Waals surface area contributed by atoms with E-state index in [2.05, 4.69) is 9.98 Å². The molecule has 1 heterocycles. The van der Waals surface area contributed by atoms with Crippen molar-refractivity contribution >= 4 is 11.8 Å². The van der Waals surface area contributed by atoms with Gasteiger partial charge in [-0.15, -0.1) is 0 Å². The second-order valence-electron chi connectivity index (χ2n) is 4.76. The van der Waals surface area contributed by atoms with Gasteiger partial charge in [-0.1, -0.05) is 12.2 Å². The predicted octanol–water partition coefficient (Wildman–Crippen LogP) is 2.62. The van der Waals surface area contributed by atoms with E-state index in [1.165, 1.54) is 16.7 Å². The van der Waals surface area contributed by atoms with Gasteiger partial charge in [0.1, 0.15) is 11.7 Å². The van der Waals surface area contributed by atoms with Gasteiger partial charge in [0, 0.05) is 13.5 Å². The fourth-order valence-corrected chi connectivity index (χ4v) is 2.24. The third-order valence-corrected chi connectivity index (χ3v) is 3.31. The number of nitrogens with zero attached hydrogens (tertiary/aromatic N) is 3. The molecule has 0 atom stereocenters. The molecule has 0 radical (unpaired) electrons. The molecule has 0 aromatic carbocycles. The van der Waals surface area contributed by atoms with Crippen LogP contribution in [0.2, 0.25) is 0 Å². The minimum absolute atomic E-state index is 0.234. The number of fused-ring (bicyclic) bond motifs is 1. The number of hydrogen-bond donors (Lipinski definition) is 0. The molecule has 4 nitrogen and oxygen atoms in total. The van der Waals surface area contributed by atoms with Crippen LogP contribution in [0.1, 0.15) is 24.0 Å². The highest BCUT2D eigenvalue weighted by atomic mass is 19.1. The summed E-state index contributed by atoms with van der Waals surface area (Å²) in [6, 6.07) is 0. The van der Waals surface area contributed by atoms with Gasteiger partial charge >= 0.3 is 0 Å². The first-order chi connectivity index (χ1) is 10.1. The van der Waals surface area contributed by atoms with Crippen molar-refractivity contribution in [1.82, 2.24) is 9.55 Å². The predicted molar refractivity (Wildman–Crippen MR) is 83.3 cm³/mol. The Morgan fingerprint density at radius 2 is 2.33 bits per heavy atom. The van der Waals surface area contributed by atoms with E-state index in [9.17, 15) is 9.18 Å². The molecule has 0 aliphatic heterocycles. The first kappa shape index (κ1) is 15.1. The zero-order chi connectivity index (χ0) is 15.4. The van der Waals surface area contributed by atoms with E-state index in [0.717, 1.165) is 5.71 Å². The van der Waals surface area contributed by atoms with Crippen LogP contribution < -0.4 is 5.56 Å². The molecule has 1 aliphatic carbocycles. The Labute approximate surface area is 123 Å². The zero-order valence-corrected chi connectivity index (χ0v) is 12.4. The molecule has 0 bridgehead atoms. The highest BCUT2D eigenvalue weighted by Crippen LogP contribution is 2.15. The van der Waals surface area contributed by atoms with E-state index in [0.29, 0.717) is 30.0 Å². The fourth-order valence-electron chi connectivity index (χ4n) is 2.24. The number of rotatable bonds is 3. The lowest BCUT2D eigenvalue weighted by atomic mass is 10.1. The highest BCUT2D eigenvalue weighted by molar-refractivity contribution is 5.94. The number of aromatic nitrogens is 2. The van der Waals surface area contributed by atoms with Gasteiger partial charge < -0.3 is 0 Å². The van der Waals surface area contributed by atoms with Gasteiger partial charge in [-0.05, 0) is 32.1 Å². The molecule has 5 heteroatoms. The number of allylic oxidation sites excluding steroid dienone is 5. The summed E-state index contributed by atoms with van der Waals surface area (Å²) in [6.45, 7) is 3.99. The van der Waals surface area contributed by atoms with Crippen molar-refractivity contribution in [2.24, 2.45) is 4.99 Å². The van der Waals surface area contributed by atoms with Crippen LogP contribution in [0.5, 0.6) is 0 Å². The van der Waals surface area contributed by atoms with Crippen molar-refractivity contribution in [3.63, 3.8) is 0 Å². The molecule has 0 saturated heterocycles. The molecule has 0 saturated carbocycles. The van der Waals surface area contributed by atoms with Crippen molar-refractivity contribution in [3.05, 3.63) is 57.6 Å². The summed E-state index contributed by atoms with van der Waals surface area (Å²) in [7, 11) is 1.68. The fraction of sp³-hybridized carbons (Fsp3) is 0.312. The number of aliphatic imine (C=N–C) groups is 1. The van der Waals surface area contributed by atoms with Gasteiger partial charge in [-0.25, -0.2) is 9.37 Å². The lowest BCUT2D eigenvalue weighted by molar-refractivity contribution is 0.673. The Bertz CT molecular complexity index is 724. The van der Waals surface area contributed by atoms with E-state index in [-0.39, 0.29) is 5.56 Å². The van der Waals surface area contributed by atoms with Crippen molar-refractivity contribution in [2.75, 3.05) is 7.05 Å². The summed E-state index contributed by atoms with van der Waals surface area (Å²) in [4.78, 5) is 21.2. The lowest BCUT2D eigenvalue weighted by Gasteiger charge is -2.12. The van der Waals surface area contributed by atoms with Crippen LogP contribution in [-0.4, -0.2) is 22.3 Å². The summed E-state index contributed by atoms with van der Waals surface area (Å²) < 4.78 is 15.1. The molecule has 1 aromatic rings. The minimum atomic E-state index is -0.430. The second-order valence-corrected chi connectivity index (χ2v) is 4.76. The largest absolute Gasteiger partial charge is 0.291 e. The molecular weight excluding hydrogens is 269 g/mol. The molecular formula is C16H18FN3O. The Morgan fingerprint density at radius 1 is 1.57 bits per heavy atom. The molecule has 0 spiro atoms. The van der Waals surface area contributed by atoms with Crippen molar-refractivity contribution in [3.8, 4) is 0 Å². The molecule has 110 valence electrons. The van der Waals surface area contributed by atoms with Crippen LogP contribution in [0, 0.1) is 6.92 Å². The summed E-state index contributed by atoms with van der Waals surface area (Å²) in [5.41, 5.74) is 1.46. The maximum absolute atomic E-state index is 13.5. The quantitative estimate of drug-likeness (QED) is 0.802. The van der Waals surface area contributed by atoms with Crippen LogP contribution in [-0.2, 0) is 13.0 Å². The standard InChI is InChI=1S/C16H18FN3O/c1-4-6-13(18-3)10-20-11(2)19-15-8-5-7-12(17)9-14(15)16(20)21/h4-7,9H,8,10H2,1-3H3/b6-4-,18-13?. The first-order valence-corrected chi connectivity index (χ1v) is 6.79. The number of hydrogen-bond acceptors (Lipinski definition) is 3. The molecule has 2 rings (SSSR count). The zero-order valence-electron chi connectivity index (χ0n) is 12.4. The first-order valence-electron chi connectivity index (χ1n) is 6.79. The van der Waals surface area contributed by atoms with E-state index in [1.807, 2.05) is 19.1 Å². The maximum atomic E-state index is 13.5. The van der Waals surface area contributed by atoms with E-state index >= 15 is 0 Å². The second kappa shape index (κ2) is 6.43. The Kier molecular flexibility index (Phi) is 4.62. The van der Waals surface area contributed by atoms with Gasteiger partial charge in [0.2, 0.25) is 0 Å². The third-order valence-electron chi connectivity index (χ3n) is 3.31. The maximum Gasteiger partial charge on any atom is 0.261 e. The van der Waals surface area contributed by atoms with Gasteiger partial charge in [-0.2, -0.15) is 0 Å². The van der Waals surface area contributed by atoms with Crippen LogP contribution in [0.15, 0.2) is 39.9 Å². The normalized spacial score (nSPS) is 15.0. The average Bonchev–Trinajstić information content (AvgIpc) is 2.64. The molecule has 21 heavy (non-hydrogen) atoms. The number of aryl methyl sites for hydroxylation is 1. The van der Waals surface area contributed by atoms with Crippen LogP contribution in [0.25, 0.3) is 6.08 Å². The summed E-state index contributed by atoms with van der Waals surface area (Å²) in [6.07, 6.45) is 8.45. The van der Waals surface area contributed by atoms with Crippen molar-refractivity contribution < 1.29 is 4.39 Å². The van der Waals surface area contributed by atoms with Crippen molar-refractivity contribution in [1.29, 1.82) is 0 Å². The van der Waals surface area contributed by atoms with E-state index in [4.69, 9.17) is 0 Å². The molecule has 0 unspecified atom stereocenters. The van der Waals surface area contributed by atoms with Crippen LogP contribution in [0.4, 0.5) is 4.39 Å². The monoisotopic (exact) mass is 287 g/mol. The van der Waals surface area contributed by atoms with Crippen molar-refractivity contribution in [2.45, 2.75) is 26.8 Å². The van der Waals surface area contributed by atoms with E-state index in [1.54, 1.807) is 20.0 Å². The molecule has 1 aliphatic rings. The SMILES string of the molecule is C/C=C\C(Cn1c(C)nc2c(c1=O)C=C(F)C=CC2)=NC. The molecule has 0 fully saturated rings. The molecule has 0 amide bonds. The molecule has 1 aromatic heterocycles. The third kappa shape index (κ3) is 3.24. The summed E-state index contributed by atoms with van der Waals surface area (Å²) >= 11 is 0. The van der Waals surface area contributed by atoms with E-state index < -0.39 is 5.83 Å². The molecule has 0 N–H and O–H groups in total. The smallest absolute Gasteiger partial charge is 0.261 e. The van der Waals surface area contributed by atoms with Gasteiger partial charge in [0.05, 0.1) is 23.5 Å². The highest BCUT2D eigenvalue weighted by Gasteiger charge is 2.15. The summed E-state index contributed by atoms with van der Waals surface area (Å²) in [5, 5.41) is 0. The Morgan fingerprint density at radius 3 is 3.00 bits per heavy atom. The van der Waals surface area contributed by atoms with Gasteiger partial charge in [0.25, 0.3) is 5.56 Å². The Balaban J connectivity index is 2.55. The summed E-state index contributed by atoms with van der Waals surface area (Å²) in [5.74, 6) is 0.175. The minimum Gasteiger partial charge on any atom is -0.291 e.